The summed E-state index contributed by atoms with van der Waals surface area (Å²) in [5.74, 6) is 0. The summed E-state index contributed by atoms with van der Waals surface area (Å²) in [7, 11) is 0. The van der Waals surface area contributed by atoms with E-state index in [9.17, 15) is 0 Å². The second-order valence-corrected chi connectivity index (χ2v) is 2.10. The SMILES string of the molecule is NC1CC([NH3+])C1. The topological polar surface area (TPSA) is 53.7 Å². The van der Waals surface area contributed by atoms with Crippen molar-refractivity contribution >= 4 is 0 Å². The molecule has 2 nitrogen and oxygen atoms in total. The van der Waals surface area contributed by atoms with Gasteiger partial charge in [0.05, 0.1) is 6.04 Å². The van der Waals surface area contributed by atoms with Gasteiger partial charge < -0.3 is 11.5 Å². The Morgan fingerprint density at radius 3 is 2.00 bits per heavy atom. The van der Waals surface area contributed by atoms with Crippen LogP contribution >= 0.6 is 0 Å². The average molecular weight is 87.1 g/mol. The van der Waals surface area contributed by atoms with Crippen molar-refractivity contribution in [2.24, 2.45) is 5.73 Å². The van der Waals surface area contributed by atoms with Gasteiger partial charge in [0.2, 0.25) is 0 Å². The first-order chi connectivity index (χ1) is 2.79. The molecule has 0 unspecified atom stereocenters. The van der Waals surface area contributed by atoms with E-state index in [1.807, 2.05) is 0 Å². The number of nitrogens with two attached hydrogens (primary N) is 1. The standard InChI is InChI=1S/C4H10N2/c5-3-1-4(6)2-3/h3-4H,1-2,5-6H2/p+1. The Morgan fingerprint density at radius 2 is 2.00 bits per heavy atom. The van der Waals surface area contributed by atoms with Gasteiger partial charge >= 0.3 is 0 Å². The van der Waals surface area contributed by atoms with Gasteiger partial charge in [-0.25, -0.2) is 0 Å². The van der Waals surface area contributed by atoms with Crippen molar-refractivity contribution in [3.63, 3.8) is 0 Å². The third-order valence-electron chi connectivity index (χ3n) is 1.27. The molecule has 0 radical (unpaired) electrons. The molecule has 0 bridgehead atoms. The van der Waals surface area contributed by atoms with E-state index in [2.05, 4.69) is 5.73 Å². The highest BCUT2D eigenvalue weighted by Gasteiger charge is 2.24. The van der Waals surface area contributed by atoms with E-state index in [4.69, 9.17) is 5.73 Å². The summed E-state index contributed by atoms with van der Waals surface area (Å²) in [6, 6.07) is 1.15. The molecule has 0 aromatic heterocycles. The van der Waals surface area contributed by atoms with Crippen molar-refractivity contribution in [1.29, 1.82) is 0 Å². The van der Waals surface area contributed by atoms with Gasteiger partial charge in [-0.05, 0) is 0 Å². The number of hydrogen-bond donors (Lipinski definition) is 2. The third kappa shape index (κ3) is 0.533. The molecule has 1 aliphatic rings. The lowest BCUT2D eigenvalue weighted by Gasteiger charge is -2.24. The molecule has 1 aliphatic carbocycles. The predicted molar refractivity (Wildman–Crippen MR) is 23.9 cm³/mol. The van der Waals surface area contributed by atoms with Crippen molar-refractivity contribution in [2.75, 3.05) is 0 Å². The van der Waals surface area contributed by atoms with Crippen molar-refractivity contribution in [3.05, 3.63) is 0 Å². The molecule has 2 heteroatoms. The normalized spacial score (nSPS) is 45.0. The average Bonchev–Trinajstić information content (AvgIpc) is 1.33. The van der Waals surface area contributed by atoms with Gasteiger partial charge in [0.25, 0.3) is 0 Å². The molecule has 0 aromatic carbocycles. The predicted octanol–water partition coefficient (Wildman–Crippen LogP) is -1.28. The van der Waals surface area contributed by atoms with E-state index in [0.29, 0.717) is 12.1 Å². The molecule has 0 saturated heterocycles. The van der Waals surface area contributed by atoms with E-state index in [1.54, 1.807) is 0 Å². The molecule has 0 amide bonds. The van der Waals surface area contributed by atoms with Crippen molar-refractivity contribution < 1.29 is 5.73 Å². The second-order valence-electron chi connectivity index (χ2n) is 2.10. The summed E-state index contributed by atoms with van der Waals surface area (Å²) in [6.45, 7) is 0. The van der Waals surface area contributed by atoms with Crippen LogP contribution in [0.3, 0.4) is 0 Å². The van der Waals surface area contributed by atoms with Gasteiger partial charge in [0.15, 0.2) is 0 Å². The van der Waals surface area contributed by atoms with Crippen LogP contribution in [0.15, 0.2) is 0 Å². The van der Waals surface area contributed by atoms with Gasteiger partial charge in [-0.2, -0.15) is 0 Å². The zero-order valence-corrected chi connectivity index (χ0v) is 3.85. The van der Waals surface area contributed by atoms with E-state index in [-0.39, 0.29) is 0 Å². The first kappa shape index (κ1) is 4.09. The molecule has 0 aromatic rings. The third-order valence-corrected chi connectivity index (χ3v) is 1.27. The zero-order valence-electron chi connectivity index (χ0n) is 3.85. The second kappa shape index (κ2) is 1.21. The molecule has 1 saturated carbocycles. The molecular formula is C4H11N2+. The lowest BCUT2D eigenvalue weighted by molar-refractivity contribution is -0.439. The fourth-order valence-corrected chi connectivity index (χ4v) is 0.787. The molecule has 0 aliphatic heterocycles. The minimum atomic E-state index is 0.479. The molecular weight excluding hydrogens is 76.1 g/mol. The molecule has 36 valence electrons. The summed E-state index contributed by atoms with van der Waals surface area (Å²) in [5, 5.41) is 0. The lowest BCUT2D eigenvalue weighted by atomic mass is 9.89. The van der Waals surface area contributed by atoms with Gasteiger partial charge in [-0.15, -0.1) is 0 Å². The summed E-state index contributed by atoms with van der Waals surface area (Å²) < 4.78 is 0. The zero-order chi connectivity index (χ0) is 4.57. The first-order valence-electron chi connectivity index (χ1n) is 2.37. The highest BCUT2D eigenvalue weighted by atomic mass is 14.8. The fourth-order valence-electron chi connectivity index (χ4n) is 0.787. The lowest BCUT2D eigenvalue weighted by Crippen LogP contribution is -2.69. The van der Waals surface area contributed by atoms with Crippen LogP contribution in [-0.2, 0) is 0 Å². The summed E-state index contributed by atoms with van der Waals surface area (Å²) in [4.78, 5) is 0. The molecule has 5 N–H and O–H groups in total. The van der Waals surface area contributed by atoms with Gasteiger partial charge in [0.1, 0.15) is 0 Å². The van der Waals surface area contributed by atoms with Crippen LogP contribution in [0.1, 0.15) is 12.8 Å². The minimum Gasteiger partial charge on any atom is -0.355 e. The Hall–Kier alpha value is -0.0800. The number of rotatable bonds is 0. The van der Waals surface area contributed by atoms with Crippen LogP contribution < -0.4 is 11.5 Å². The molecule has 0 heterocycles. The Labute approximate surface area is 37.5 Å². The Bertz CT molecular complexity index is 41.5. The Morgan fingerprint density at radius 1 is 1.50 bits per heavy atom. The van der Waals surface area contributed by atoms with Crippen molar-refractivity contribution in [2.45, 2.75) is 24.9 Å². The summed E-state index contributed by atoms with van der Waals surface area (Å²) >= 11 is 0. The van der Waals surface area contributed by atoms with Gasteiger partial charge in [0, 0.05) is 18.9 Å². The molecule has 1 rings (SSSR count). The van der Waals surface area contributed by atoms with E-state index in [0.717, 1.165) is 12.8 Å². The number of quaternary nitrogens is 1. The highest BCUT2D eigenvalue weighted by molar-refractivity contribution is 4.79. The van der Waals surface area contributed by atoms with Crippen LogP contribution in [-0.4, -0.2) is 12.1 Å². The van der Waals surface area contributed by atoms with E-state index in [1.165, 1.54) is 0 Å². The quantitative estimate of drug-likeness (QED) is 0.380. The molecule has 0 spiro atoms. The van der Waals surface area contributed by atoms with E-state index >= 15 is 0 Å². The highest BCUT2D eigenvalue weighted by Crippen LogP contribution is 2.11. The van der Waals surface area contributed by atoms with Crippen LogP contribution in [0, 0.1) is 0 Å². The Kier molecular flexibility index (Phi) is 0.821. The molecule has 6 heavy (non-hydrogen) atoms. The minimum absolute atomic E-state index is 0.479. The summed E-state index contributed by atoms with van der Waals surface area (Å²) in [5.41, 5.74) is 9.24. The molecule has 1 fully saturated rings. The van der Waals surface area contributed by atoms with Crippen LogP contribution in [0.5, 0.6) is 0 Å². The van der Waals surface area contributed by atoms with Gasteiger partial charge in [-0.3, -0.25) is 0 Å². The van der Waals surface area contributed by atoms with Gasteiger partial charge in [-0.1, -0.05) is 0 Å². The Balaban J connectivity index is 2.11. The van der Waals surface area contributed by atoms with Crippen molar-refractivity contribution in [3.8, 4) is 0 Å². The smallest absolute Gasteiger partial charge is 0.0873 e. The van der Waals surface area contributed by atoms with Crippen LogP contribution in [0.4, 0.5) is 0 Å². The van der Waals surface area contributed by atoms with Crippen LogP contribution in [0.2, 0.25) is 0 Å². The fraction of sp³-hybridized carbons (Fsp3) is 1.00. The number of hydrogen-bond acceptors (Lipinski definition) is 1. The maximum Gasteiger partial charge on any atom is 0.0873 e. The maximum absolute atomic E-state index is 5.43. The summed E-state index contributed by atoms with van der Waals surface area (Å²) in [6.07, 6.45) is 2.28. The van der Waals surface area contributed by atoms with E-state index < -0.39 is 0 Å². The maximum atomic E-state index is 5.43. The monoisotopic (exact) mass is 87.1 g/mol. The largest absolute Gasteiger partial charge is 0.355 e. The first-order valence-corrected chi connectivity index (χ1v) is 2.37. The van der Waals surface area contributed by atoms with Crippen LogP contribution in [0.25, 0.3) is 0 Å². The van der Waals surface area contributed by atoms with Crippen molar-refractivity contribution in [1.82, 2.24) is 0 Å². The molecule has 0 atom stereocenters.